The molecule has 3 nitrogen and oxygen atoms in total. The van der Waals surface area contributed by atoms with Crippen LogP contribution in [-0.4, -0.2) is 26.3 Å². The standard InChI is InChI=1S/C16H28N2O/c1-14(2)13-19-10-4-9-18-12-16-6-3-5-15(11-16)7-8-17/h3,5-6,11,14,18H,4,7-10,12-13,17H2,1-2H3. The Morgan fingerprint density at radius 3 is 2.79 bits per heavy atom. The quantitative estimate of drug-likeness (QED) is 0.638. The summed E-state index contributed by atoms with van der Waals surface area (Å²) in [5.41, 5.74) is 8.22. The lowest BCUT2D eigenvalue weighted by atomic mass is 10.1. The van der Waals surface area contributed by atoms with Gasteiger partial charge in [0.15, 0.2) is 0 Å². The third-order valence-electron chi connectivity index (χ3n) is 2.85. The zero-order valence-corrected chi connectivity index (χ0v) is 12.3. The lowest BCUT2D eigenvalue weighted by Crippen LogP contribution is -2.17. The molecule has 3 N–H and O–H groups in total. The van der Waals surface area contributed by atoms with Crippen molar-refractivity contribution in [3.63, 3.8) is 0 Å². The van der Waals surface area contributed by atoms with E-state index in [0.29, 0.717) is 12.5 Å². The van der Waals surface area contributed by atoms with Crippen LogP contribution in [0.3, 0.4) is 0 Å². The van der Waals surface area contributed by atoms with Crippen LogP contribution in [0.5, 0.6) is 0 Å². The minimum Gasteiger partial charge on any atom is -0.381 e. The molecule has 3 heteroatoms. The van der Waals surface area contributed by atoms with Gasteiger partial charge in [0.25, 0.3) is 0 Å². The predicted molar refractivity (Wildman–Crippen MR) is 81.2 cm³/mol. The lowest BCUT2D eigenvalue weighted by Gasteiger charge is -2.08. The molecule has 1 aromatic rings. The summed E-state index contributed by atoms with van der Waals surface area (Å²) in [6.45, 7) is 8.69. The topological polar surface area (TPSA) is 47.3 Å². The summed E-state index contributed by atoms with van der Waals surface area (Å²) in [7, 11) is 0. The maximum absolute atomic E-state index is 5.57. The second-order valence-corrected chi connectivity index (χ2v) is 5.36. The van der Waals surface area contributed by atoms with Crippen molar-refractivity contribution in [2.45, 2.75) is 33.2 Å². The highest BCUT2D eigenvalue weighted by molar-refractivity contribution is 5.23. The number of nitrogens with one attached hydrogen (secondary N) is 1. The van der Waals surface area contributed by atoms with Crippen molar-refractivity contribution in [3.05, 3.63) is 35.4 Å². The molecule has 0 aliphatic heterocycles. The van der Waals surface area contributed by atoms with Crippen LogP contribution in [-0.2, 0) is 17.7 Å². The Kier molecular flexibility index (Phi) is 8.47. The van der Waals surface area contributed by atoms with Gasteiger partial charge in [0.1, 0.15) is 0 Å². The smallest absolute Gasteiger partial charge is 0.0489 e. The minimum atomic E-state index is 0.623. The first-order chi connectivity index (χ1) is 9.22. The van der Waals surface area contributed by atoms with Gasteiger partial charge in [0.2, 0.25) is 0 Å². The Morgan fingerprint density at radius 1 is 1.26 bits per heavy atom. The van der Waals surface area contributed by atoms with Crippen LogP contribution in [0, 0.1) is 5.92 Å². The molecule has 0 radical (unpaired) electrons. The minimum absolute atomic E-state index is 0.623. The molecule has 0 unspecified atom stereocenters. The normalized spacial score (nSPS) is 11.2. The molecular formula is C16H28N2O. The summed E-state index contributed by atoms with van der Waals surface area (Å²) in [6, 6.07) is 8.63. The first-order valence-electron chi connectivity index (χ1n) is 7.28. The molecule has 0 bridgehead atoms. The molecule has 0 atom stereocenters. The molecule has 0 aromatic heterocycles. The van der Waals surface area contributed by atoms with Gasteiger partial charge < -0.3 is 15.8 Å². The summed E-state index contributed by atoms with van der Waals surface area (Å²) in [6.07, 6.45) is 2.02. The fraction of sp³-hybridized carbons (Fsp3) is 0.625. The van der Waals surface area contributed by atoms with Crippen molar-refractivity contribution in [1.82, 2.24) is 5.32 Å². The van der Waals surface area contributed by atoms with Crippen LogP contribution in [0.1, 0.15) is 31.4 Å². The molecule has 0 saturated carbocycles. The maximum atomic E-state index is 5.57. The van der Waals surface area contributed by atoms with Crippen LogP contribution in [0.2, 0.25) is 0 Å². The van der Waals surface area contributed by atoms with Crippen LogP contribution in [0.15, 0.2) is 24.3 Å². The summed E-state index contributed by atoms with van der Waals surface area (Å²) in [4.78, 5) is 0. The van der Waals surface area contributed by atoms with Gasteiger partial charge >= 0.3 is 0 Å². The van der Waals surface area contributed by atoms with Gasteiger partial charge in [-0.2, -0.15) is 0 Å². The predicted octanol–water partition coefficient (Wildman–Crippen LogP) is 2.34. The third-order valence-corrected chi connectivity index (χ3v) is 2.85. The highest BCUT2D eigenvalue weighted by Gasteiger charge is 1.96. The van der Waals surface area contributed by atoms with Gasteiger partial charge in [-0.3, -0.25) is 0 Å². The average molecular weight is 264 g/mol. The van der Waals surface area contributed by atoms with Gasteiger partial charge in [-0.15, -0.1) is 0 Å². The molecule has 0 spiro atoms. The molecule has 0 heterocycles. The molecule has 0 saturated heterocycles. The Labute approximate surface area is 117 Å². The first kappa shape index (κ1) is 16.2. The van der Waals surface area contributed by atoms with Gasteiger partial charge in [-0.25, -0.2) is 0 Å². The van der Waals surface area contributed by atoms with Gasteiger partial charge in [0.05, 0.1) is 0 Å². The van der Waals surface area contributed by atoms with E-state index >= 15 is 0 Å². The van der Waals surface area contributed by atoms with Crippen molar-refractivity contribution in [1.29, 1.82) is 0 Å². The number of ether oxygens (including phenoxy) is 1. The third kappa shape index (κ3) is 7.98. The number of rotatable bonds is 10. The summed E-state index contributed by atoms with van der Waals surface area (Å²) in [5.74, 6) is 0.623. The van der Waals surface area contributed by atoms with E-state index in [4.69, 9.17) is 10.5 Å². The van der Waals surface area contributed by atoms with Gasteiger partial charge in [0, 0.05) is 19.8 Å². The van der Waals surface area contributed by atoms with Crippen molar-refractivity contribution >= 4 is 0 Å². The molecule has 108 valence electrons. The van der Waals surface area contributed by atoms with E-state index in [2.05, 4.69) is 43.4 Å². The Bertz CT molecular complexity index is 339. The summed E-state index contributed by atoms with van der Waals surface area (Å²) < 4.78 is 5.54. The molecule has 0 amide bonds. The number of benzene rings is 1. The molecule has 19 heavy (non-hydrogen) atoms. The zero-order valence-electron chi connectivity index (χ0n) is 12.3. The van der Waals surface area contributed by atoms with Crippen molar-refractivity contribution in [2.75, 3.05) is 26.3 Å². The maximum Gasteiger partial charge on any atom is 0.0489 e. The van der Waals surface area contributed by atoms with Crippen molar-refractivity contribution in [3.8, 4) is 0 Å². The lowest BCUT2D eigenvalue weighted by molar-refractivity contribution is 0.108. The number of nitrogens with two attached hydrogens (primary N) is 1. The SMILES string of the molecule is CC(C)COCCCNCc1cccc(CCN)c1. The average Bonchev–Trinajstić information content (AvgIpc) is 2.38. The molecule has 0 fully saturated rings. The Hall–Kier alpha value is -0.900. The van der Waals surface area contributed by atoms with E-state index in [1.165, 1.54) is 11.1 Å². The van der Waals surface area contributed by atoms with Crippen LogP contribution in [0.25, 0.3) is 0 Å². The van der Waals surface area contributed by atoms with Crippen molar-refractivity contribution < 1.29 is 4.74 Å². The van der Waals surface area contributed by atoms with Gasteiger partial charge in [-0.1, -0.05) is 38.1 Å². The largest absolute Gasteiger partial charge is 0.381 e. The Balaban J connectivity index is 2.10. The molecule has 1 aromatic carbocycles. The van der Waals surface area contributed by atoms with Crippen molar-refractivity contribution in [2.24, 2.45) is 11.7 Å². The first-order valence-corrected chi connectivity index (χ1v) is 7.28. The van der Waals surface area contributed by atoms with E-state index in [0.717, 1.165) is 39.1 Å². The van der Waals surface area contributed by atoms with Crippen LogP contribution < -0.4 is 11.1 Å². The van der Waals surface area contributed by atoms with Gasteiger partial charge in [-0.05, 0) is 43.0 Å². The molecule has 0 aliphatic rings. The number of hydrogen-bond acceptors (Lipinski definition) is 3. The van der Waals surface area contributed by atoms with E-state index in [1.54, 1.807) is 0 Å². The fourth-order valence-electron chi connectivity index (χ4n) is 1.91. The highest BCUT2D eigenvalue weighted by Crippen LogP contribution is 2.05. The molecule has 1 rings (SSSR count). The summed E-state index contributed by atoms with van der Waals surface area (Å²) in [5, 5.41) is 3.45. The molecule has 0 aliphatic carbocycles. The second-order valence-electron chi connectivity index (χ2n) is 5.36. The van der Waals surface area contributed by atoms with Crippen LogP contribution >= 0.6 is 0 Å². The fourth-order valence-corrected chi connectivity index (χ4v) is 1.91. The molecular weight excluding hydrogens is 236 g/mol. The highest BCUT2D eigenvalue weighted by atomic mass is 16.5. The van der Waals surface area contributed by atoms with E-state index in [9.17, 15) is 0 Å². The second kappa shape index (κ2) is 9.96. The van der Waals surface area contributed by atoms with E-state index in [-0.39, 0.29) is 0 Å². The summed E-state index contributed by atoms with van der Waals surface area (Å²) >= 11 is 0. The zero-order chi connectivity index (χ0) is 13.9. The van der Waals surface area contributed by atoms with Crippen LogP contribution in [0.4, 0.5) is 0 Å². The van der Waals surface area contributed by atoms with E-state index in [1.807, 2.05) is 0 Å². The number of hydrogen-bond donors (Lipinski definition) is 2. The monoisotopic (exact) mass is 264 g/mol. The van der Waals surface area contributed by atoms with E-state index < -0.39 is 0 Å². The Morgan fingerprint density at radius 2 is 2.05 bits per heavy atom.